The molecule has 0 bridgehead atoms. The third kappa shape index (κ3) is 3.86. The van der Waals surface area contributed by atoms with Crippen LogP contribution in [0.5, 0.6) is 5.75 Å². The van der Waals surface area contributed by atoms with Crippen molar-refractivity contribution in [2.24, 2.45) is 0 Å². The molecule has 0 fully saturated rings. The Balaban J connectivity index is 1.98. The first-order valence-electron chi connectivity index (χ1n) is 6.34. The molecular formula is C16H14F2O3. The van der Waals surface area contributed by atoms with Crippen molar-refractivity contribution in [3.05, 3.63) is 65.2 Å². The van der Waals surface area contributed by atoms with Gasteiger partial charge in [0.25, 0.3) is 0 Å². The van der Waals surface area contributed by atoms with Gasteiger partial charge in [0.2, 0.25) is 0 Å². The van der Waals surface area contributed by atoms with Crippen molar-refractivity contribution in [1.29, 1.82) is 0 Å². The SMILES string of the molecule is CC(=O)c1ccc(OCC(O)c2ccc(F)c(F)c2)cc1. The fourth-order valence-corrected chi connectivity index (χ4v) is 1.78. The van der Waals surface area contributed by atoms with Crippen LogP contribution in [-0.4, -0.2) is 17.5 Å². The molecule has 0 aliphatic heterocycles. The summed E-state index contributed by atoms with van der Waals surface area (Å²) in [5, 5.41) is 9.87. The lowest BCUT2D eigenvalue weighted by atomic mass is 10.1. The summed E-state index contributed by atoms with van der Waals surface area (Å²) in [5.74, 6) is -1.56. The largest absolute Gasteiger partial charge is 0.491 e. The summed E-state index contributed by atoms with van der Waals surface area (Å²) in [7, 11) is 0. The molecule has 5 heteroatoms. The summed E-state index contributed by atoms with van der Waals surface area (Å²) in [6, 6.07) is 9.62. The van der Waals surface area contributed by atoms with Gasteiger partial charge in [0.05, 0.1) is 0 Å². The van der Waals surface area contributed by atoms with E-state index in [2.05, 4.69) is 0 Å². The van der Waals surface area contributed by atoms with Crippen molar-refractivity contribution in [3.8, 4) is 5.75 Å². The third-order valence-electron chi connectivity index (χ3n) is 3.00. The molecule has 0 aliphatic rings. The van der Waals surface area contributed by atoms with E-state index in [-0.39, 0.29) is 18.0 Å². The molecule has 0 aliphatic carbocycles. The van der Waals surface area contributed by atoms with Crippen LogP contribution >= 0.6 is 0 Å². The topological polar surface area (TPSA) is 46.5 Å². The van der Waals surface area contributed by atoms with Crippen LogP contribution in [0.3, 0.4) is 0 Å². The minimum atomic E-state index is -1.08. The van der Waals surface area contributed by atoms with Gasteiger partial charge in [-0.1, -0.05) is 6.07 Å². The maximum absolute atomic E-state index is 13.1. The first-order chi connectivity index (χ1) is 9.97. The lowest BCUT2D eigenvalue weighted by molar-refractivity contribution is 0.101. The van der Waals surface area contributed by atoms with Gasteiger partial charge in [0, 0.05) is 5.56 Å². The van der Waals surface area contributed by atoms with Gasteiger partial charge in [-0.25, -0.2) is 8.78 Å². The molecule has 1 N–H and O–H groups in total. The Hall–Kier alpha value is -2.27. The molecule has 2 aromatic rings. The molecule has 110 valence electrons. The highest BCUT2D eigenvalue weighted by Crippen LogP contribution is 2.19. The van der Waals surface area contributed by atoms with Crippen LogP contribution in [0.4, 0.5) is 8.78 Å². The average Bonchev–Trinajstić information content (AvgIpc) is 2.48. The van der Waals surface area contributed by atoms with E-state index in [1.807, 2.05) is 0 Å². The molecule has 0 saturated carbocycles. The molecule has 2 aromatic carbocycles. The lowest BCUT2D eigenvalue weighted by Gasteiger charge is -2.13. The van der Waals surface area contributed by atoms with Crippen molar-refractivity contribution < 1.29 is 23.4 Å². The van der Waals surface area contributed by atoms with E-state index in [0.29, 0.717) is 11.3 Å². The van der Waals surface area contributed by atoms with E-state index >= 15 is 0 Å². The van der Waals surface area contributed by atoms with E-state index in [0.717, 1.165) is 12.1 Å². The van der Waals surface area contributed by atoms with Crippen molar-refractivity contribution in [1.82, 2.24) is 0 Å². The number of rotatable bonds is 5. The van der Waals surface area contributed by atoms with Crippen molar-refractivity contribution in [3.63, 3.8) is 0 Å². The Morgan fingerprint density at radius 2 is 1.81 bits per heavy atom. The van der Waals surface area contributed by atoms with Crippen LogP contribution in [0.1, 0.15) is 28.9 Å². The molecular weight excluding hydrogens is 278 g/mol. The standard InChI is InChI=1S/C16H14F2O3/c1-10(19)11-2-5-13(6-3-11)21-9-16(20)12-4-7-14(17)15(18)8-12/h2-8,16,20H,9H2,1H3. The van der Waals surface area contributed by atoms with E-state index in [9.17, 15) is 18.7 Å². The number of halogens is 2. The van der Waals surface area contributed by atoms with E-state index in [1.165, 1.54) is 13.0 Å². The Morgan fingerprint density at radius 3 is 2.38 bits per heavy atom. The van der Waals surface area contributed by atoms with Gasteiger partial charge in [0.15, 0.2) is 17.4 Å². The second-order valence-electron chi connectivity index (χ2n) is 4.58. The molecule has 0 aromatic heterocycles. The molecule has 0 heterocycles. The maximum Gasteiger partial charge on any atom is 0.159 e. The zero-order valence-corrected chi connectivity index (χ0v) is 11.3. The molecule has 3 nitrogen and oxygen atoms in total. The highest BCUT2D eigenvalue weighted by molar-refractivity contribution is 5.94. The number of hydrogen-bond acceptors (Lipinski definition) is 3. The molecule has 0 saturated heterocycles. The third-order valence-corrected chi connectivity index (χ3v) is 3.00. The summed E-state index contributed by atoms with van der Waals surface area (Å²) in [6.45, 7) is 1.35. The highest BCUT2D eigenvalue weighted by Gasteiger charge is 2.12. The van der Waals surface area contributed by atoms with Gasteiger partial charge >= 0.3 is 0 Å². The number of carbonyl (C=O) groups is 1. The first-order valence-corrected chi connectivity index (χ1v) is 6.34. The fraction of sp³-hybridized carbons (Fsp3) is 0.188. The van der Waals surface area contributed by atoms with Gasteiger partial charge in [-0.2, -0.15) is 0 Å². The Bertz CT molecular complexity index is 638. The quantitative estimate of drug-likeness (QED) is 0.860. The second-order valence-corrected chi connectivity index (χ2v) is 4.58. The van der Waals surface area contributed by atoms with Crippen LogP contribution in [0.25, 0.3) is 0 Å². The number of hydrogen-bond donors (Lipinski definition) is 1. The van der Waals surface area contributed by atoms with Crippen LogP contribution in [0, 0.1) is 11.6 Å². The minimum Gasteiger partial charge on any atom is -0.491 e. The summed E-state index contributed by atoms with van der Waals surface area (Å²) >= 11 is 0. The smallest absolute Gasteiger partial charge is 0.159 e. The van der Waals surface area contributed by atoms with E-state index in [1.54, 1.807) is 24.3 Å². The van der Waals surface area contributed by atoms with Gasteiger partial charge in [-0.15, -0.1) is 0 Å². The second kappa shape index (κ2) is 6.45. The van der Waals surface area contributed by atoms with Crippen LogP contribution < -0.4 is 4.74 Å². The zero-order chi connectivity index (χ0) is 15.4. The lowest BCUT2D eigenvalue weighted by Crippen LogP contribution is -2.10. The highest BCUT2D eigenvalue weighted by atomic mass is 19.2. The first kappa shape index (κ1) is 15.1. The van der Waals surface area contributed by atoms with Crippen molar-refractivity contribution >= 4 is 5.78 Å². The molecule has 1 atom stereocenters. The maximum atomic E-state index is 13.1. The molecule has 1 unspecified atom stereocenters. The zero-order valence-electron chi connectivity index (χ0n) is 11.3. The van der Waals surface area contributed by atoms with Crippen LogP contribution in [0.2, 0.25) is 0 Å². The normalized spacial score (nSPS) is 12.0. The number of ether oxygens (including phenoxy) is 1. The fourth-order valence-electron chi connectivity index (χ4n) is 1.78. The number of carbonyl (C=O) groups excluding carboxylic acids is 1. The Morgan fingerprint density at radius 1 is 1.14 bits per heavy atom. The number of benzene rings is 2. The predicted molar refractivity (Wildman–Crippen MR) is 73.3 cm³/mol. The monoisotopic (exact) mass is 292 g/mol. The molecule has 2 rings (SSSR count). The van der Waals surface area contributed by atoms with Crippen LogP contribution in [0.15, 0.2) is 42.5 Å². The Kier molecular flexibility index (Phi) is 4.65. The van der Waals surface area contributed by atoms with Gasteiger partial charge in [-0.3, -0.25) is 4.79 Å². The summed E-state index contributed by atoms with van der Waals surface area (Å²) < 4.78 is 31.2. The van der Waals surface area contributed by atoms with Gasteiger partial charge in [-0.05, 0) is 48.9 Å². The molecule has 21 heavy (non-hydrogen) atoms. The van der Waals surface area contributed by atoms with Crippen molar-refractivity contribution in [2.75, 3.05) is 6.61 Å². The van der Waals surface area contributed by atoms with Crippen molar-refractivity contribution in [2.45, 2.75) is 13.0 Å². The molecule has 0 amide bonds. The number of ketones is 1. The molecule has 0 spiro atoms. The summed E-state index contributed by atoms with van der Waals surface area (Å²) in [6.07, 6.45) is -1.08. The van der Waals surface area contributed by atoms with E-state index < -0.39 is 17.7 Å². The summed E-state index contributed by atoms with van der Waals surface area (Å²) in [4.78, 5) is 11.1. The van der Waals surface area contributed by atoms with Crippen LogP contribution in [-0.2, 0) is 0 Å². The average molecular weight is 292 g/mol. The Labute approximate surface area is 120 Å². The number of aliphatic hydroxyl groups is 1. The number of aliphatic hydroxyl groups excluding tert-OH is 1. The number of Topliss-reactive ketones (excluding diaryl/α,β-unsaturated/α-hetero) is 1. The minimum absolute atomic E-state index is 0.0524. The molecule has 0 radical (unpaired) electrons. The van der Waals surface area contributed by atoms with Gasteiger partial charge in [0.1, 0.15) is 18.5 Å². The summed E-state index contributed by atoms with van der Waals surface area (Å²) in [5.41, 5.74) is 0.790. The van der Waals surface area contributed by atoms with E-state index in [4.69, 9.17) is 4.74 Å². The van der Waals surface area contributed by atoms with Gasteiger partial charge < -0.3 is 9.84 Å². The predicted octanol–water partition coefficient (Wildman–Crippen LogP) is 3.28.